The molecule has 2 aliphatic rings. The maximum absolute atomic E-state index is 12.7. The summed E-state index contributed by atoms with van der Waals surface area (Å²) in [5.41, 5.74) is 0.504. The molecule has 1 aromatic heterocycles. The molecule has 5 heteroatoms. The molecule has 1 atom stereocenters. The molecular weight excluding hydrogens is 278 g/mol. The van der Waals surface area contributed by atoms with Crippen LogP contribution in [0.3, 0.4) is 0 Å². The van der Waals surface area contributed by atoms with Crippen molar-refractivity contribution in [1.82, 2.24) is 14.8 Å². The molecule has 3 rings (SSSR count). The predicted octanol–water partition coefficient (Wildman–Crippen LogP) is 1.68. The molecule has 3 heterocycles. The molecule has 1 aromatic rings. The van der Waals surface area contributed by atoms with Gasteiger partial charge in [0.1, 0.15) is 5.60 Å². The van der Waals surface area contributed by atoms with E-state index in [1.54, 1.807) is 0 Å². The van der Waals surface area contributed by atoms with Crippen LogP contribution < -0.4 is 0 Å². The predicted molar refractivity (Wildman–Crippen MR) is 84.3 cm³/mol. The highest BCUT2D eigenvalue weighted by molar-refractivity contribution is 5.85. The third-order valence-corrected chi connectivity index (χ3v) is 4.66. The third kappa shape index (κ3) is 3.47. The first-order valence-corrected chi connectivity index (χ1v) is 8.23. The quantitative estimate of drug-likeness (QED) is 0.852. The van der Waals surface area contributed by atoms with Crippen LogP contribution in [0.15, 0.2) is 24.4 Å². The van der Waals surface area contributed by atoms with Gasteiger partial charge in [-0.1, -0.05) is 6.07 Å². The van der Waals surface area contributed by atoms with Gasteiger partial charge in [-0.25, -0.2) is 0 Å². The number of amides is 1. The zero-order valence-corrected chi connectivity index (χ0v) is 13.3. The SMILES string of the molecule is CC1(C(=O)N2CCCN(Cc3ccccn3)CC2)CCCO1. The topological polar surface area (TPSA) is 45.7 Å². The van der Waals surface area contributed by atoms with Gasteiger partial charge >= 0.3 is 0 Å². The Labute approximate surface area is 132 Å². The number of ether oxygens (including phenoxy) is 1. The number of carbonyl (C=O) groups is 1. The highest BCUT2D eigenvalue weighted by Gasteiger charge is 2.40. The molecule has 0 spiro atoms. The van der Waals surface area contributed by atoms with Crippen molar-refractivity contribution in [2.75, 3.05) is 32.8 Å². The smallest absolute Gasteiger partial charge is 0.254 e. The Morgan fingerprint density at radius 1 is 1.27 bits per heavy atom. The summed E-state index contributed by atoms with van der Waals surface area (Å²) in [6.07, 6.45) is 4.68. The van der Waals surface area contributed by atoms with E-state index in [0.29, 0.717) is 6.61 Å². The largest absolute Gasteiger partial charge is 0.365 e. The van der Waals surface area contributed by atoms with Gasteiger partial charge < -0.3 is 9.64 Å². The van der Waals surface area contributed by atoms with Crippen LogP contribution in [-0.2, 0) is 16.1 Å². The first kappa shape index (κ1) is 15.4. The van der Waals surface area contributed by atoms with E-state index in [2.05, 4.69) is 16.0 Å². The van der Waals surface area contributed by atoms with Crippen molar-refractivity contribution in [1.29, 1.82) is 0 Å². The maximum Gasteiger partial charge on any atom is 0.254 e. The first-order chi connectivity index (χ1) is 10.7. The van der Waals surface area contributed by atoms with Crippen LogP contribution >= 0.6 is 0 Å². The monoisotopic (exact) mass is 303 g/mol. The molecule has 5 nitrogen and oxygen atoms in total. The van der Waals surface area contributed by atoms with Crippen molar-refractivity contribution in [3.8, 4) is 0 Å². The Morgan fingerprint density at radius 2 is 2.18 bits per heavy atom. The minimum absolute atomic E-state index is 0.171. The summed E-state index contributed by atoms with van der Waals surface area (Å²) < 4.78 is 5.70. The Morgan fingerprint density at radius 3 is 2.91 bits per heavy atom. The van der Waals surface area contributed by atoms with E-state index in [4.69, 9.17) is 4.74 Å². The Bertz CT molecular complexity index is 500. The summed E-state index contributed by atoms with van der Waals surface area (Å²) in [5, 5.41) is 0. The van der Waals surface area contributed by atoms with Crippen LogP contribution in [0, 0.1) is 0 Å². The van der Waals surface area contributed by atoms with Crippen molar-refractivity contribution in [2.24, 2.45) is 0 Å². The van der Waals surface area contributed by atoms with Gasteiger partial charge in [0.2, 0.25) is 0 Å². The fourth-order valence-corrected chi connectivity index (χ4v) is 3.34. The van der Waals surface area contributed by atoms with Gasteiger partial charge in [0, 0.05) is 45.5 Å². The molecule has 0 N–H and O–H groups in total. The average Bonchev–Trinajstić information content (AvgIpc) is 2.86. The minimum Gasteiger partial charge on any atom is -0.365 e. The van der Waals surface area contributed by atoms with Crippen molar-refractivity contribution in [3.05, 3.63) is 30.1 Å². The van der Waals surface area contributed by atoms with Crippen LogP contribution in [0.2, 0.25) is 0 Å². The molecule has 120 valence electrons. The van der Waals surface area contributed by atoms with E-state index < -0.39 is 5.60 Å². The number of nitrogens with zero attached hydrogens (tertiary/aromatic N) is 3. The molecule has 1 amide bonds. The summed E-state index contributed by atoms with van der Waals surface area (Å²) in [5.74, 6) is 0.171. The first-order valence-electron chi connectivity index (χ1n) is 8.23. The second-order valence-corrected chi connectivity index (χ2v) is 6.43. The van der Waals surface area contributed by atoms with Crippen molar-refractivity contribution < 1.29 is 9.53 Å². The summed E-state index contributed by atoms with van der Waals surface area (Å²) in [6.45, 7) is 7.04. The fraction of sp³-hybridized carbons (Fsp3) is 0.647. The van der Waals surface area contributed by atoms with Crippen LogP contribution in [0.4, 0.5) is 0 Å². The lowest BCUT2D eigenvalue weighted by atomic mass is 10.0. The van der Waals surface area contributed by atoms with Crippen molar-refractivity contribution in [3.63, 3.8) is 0 Å². The molecule has 1 unspecified atom stereocenters. The van der Waals surface area contributed by atoms with E-state index in [1.165, 1.54) is 0 Å². The van der Waals surface area contributed by atoms with Crippen LogP contribution in [0.5, 0.6) is 0 Å². The van der Waals surface area contributed by atoms with Gasteiger partial charge in [0.05, 0.1) is 5.69 Å². The van der Waals surface area contributed by atoms with Crippen molar-refractivity contribution in [2.45, 2.75) is 38.3 Å². The molecule has 0 aliphatic carbocycles. The van der Waals surface area contributed by atoms with E-state index in [9.17, 15) is 4.79 Å². The van der Waals surface area contributed by atoms with Crippen LogP contribution in [0.1, 0.15) is 31.9 Å². The van der Waals surface area contributed by atoms with Gasteiger partial charge in [-0.2, -0.15) is 0 Å². The second kappa shape index (κ2) is 6.75. The number of rotatable bonds is 3. The van der Waals surface area contributed by atoms with E-state index in [-0.39, 0.29) is 5.91 Å². The molecule has 2 aliphatic heterocycles. The lowest BCUT2D eigenvalue weighted by molar-refractivity contribution is -0.150. The minimum atomic E-state index is -0.587. The van der Waals surface area contributed by atoms with E-state index in [1.807, 2.05) is 30.2 Å². The molecular formula is C17H25N3O2. The van der Waals surface area contributed by atoms with E-state index >= 15 is 0 Å². The lowest BCUT2D eigenvalue weighted by Crippen LogP contribution is -2.48. The summed E-state index contributed by atoms with van der Waals surface area (Å²) in [4.78, 5) is 21.5. The molecule has 2 fully saturated rings. The molecule has 0 radical (unpaired) electrons. The maximum atomic E-state index is 12.7. The van der Waals surface area contributed by atoms with E-state index in [0.717, 1.165) is 57.7 Å². The van der Waals surface area contributed by atoms with Gasteiger partial charge in [-0.15, -0.1) is 0 Å². The molecule has 0 saturated carbocycles. The molecule has 22 heavy (non-hydrogen) atoms. The standard InChI is InChI=1S/C17H25N3O2/c1-17(7-4-13-22-17)16(21)20-10-5-9-19(11-12-20)14-15-6-2-3-8-18-15/h2-3,6,8H,4-5,7,9-14H2,1H3. The third-order valence-electron chi connectivity index (χ3n) is 4.66. The van der Waals surface area contributed by atoms with Gasteiger partial charge in [0.15, 0.2) is 0 Å². The van der Waals surface area contributed by atoms with Crippen LogP contribution in [0.25, 0.3) is 0 Å². The second-order valence-electron chi connectivity index (χ2n) is 6.43. The number of carbonyl (C=O) groups excluding carboxylic acids is 1. The lowest BCUT2D eigenvalue weighted by Gasteiger charge is -2.30. The molecule has 0 bridgehead atoms. The Hall–Kier alpha value is -1.46. The highest BCUT2D eigenvalue weighted by atomic mass is 16.5. The molecule has 2 saturated heterocycles. The normalized spacial score (nSPS) is 26.9. The summed E-state index contributed by atoms with van der Waals surface area (Å²) >= 11 is 0. The number of hydrogen-bond donors (Lipinski definition) is 0. The summed E-state index contributed by atoms with van der Waals surface area (Å²) in [7, 11) is 0. The fourth-order valence-electron chi connectivity index (χ4n) is 3.34. The number of pyridine rings is 1. The van der Waals surface area contributed by atoms with Gasteiger partial charge in [-0.05, 0) is 38.3 Å². The number of hydrogen-bond acceptors (Lipinski definition) is 4. The summed E-state index contributed by atoms with van der Waals surface area (Å²) in [6, 6.07) is 6.02. The number of aromatic nitrogens is 1. The Balaban J connectivity index is 1.57. The van der Waals surface area contributed by atoms with Crippen molar-refractivity contribution >= 4 is 5.91 Å². The van der Waals surface area contributed by atoms with Gasteiger partial charge in [-0.3, -0.25) is 14.7 Å². The average molecular weight is 303 g/mol. The zero-order valence-electron chi connectivity index (χ0n) is 13.3. The Kier molecular flexibility index (Phi) is 4.74. The zero-order chi connectivity index (χ0) is 15.4. The van der Waals surface area contributed by atoms with Gasteiger partial charge in [0.25, 0.3) is 5.91 Å². The highest BCUT2D eigenvalue weighted by Crippen LogP contribution is 2.27. The van der Waals surface area contributed by atoms with Crippen LogP contribution in [-0.4, -0.2) is 59.1 Å². The molecule has 0 aromatic carbocycles.